The summed E-state index contributed by atoms with van der Waals surface area (Å²) in [7, 11) is 1.52. The molecule has 2 atom stereocenters. The van der Waals surface area contributed by atoms with Gasteiger partial charge >= 0.3 is 5.97 Å². The smallest absolute Gasteiger partial charge is 0.356 e. The number of allylic oxidation sites excluding steroid dienone is 1. The predicted molar refractivity (Wildman–Crippen MR) is 122 cm³/mol. The Labute approximate surface area is 190 Å². The molecule has 0 radical (unpaired) electrons. The van der Waals surface area contributed by atoms with Crippen LogP contribution in [0.1, 0.15) is 17.2 Å². The number of β-lactam (4-membered cyclic amide) rings is 1. The van der Waals surface area contributed by atoms with Gasteiger partial charge in [-0.25, -0.2) is 4.79 Å². The standard InChI is InChI=1S/C24H23N3O4S/c1-26-18(28)13-12-17-14-32-23-19(25)22(29)27(23)20(17)24(30)31-21(15-8-4-2-5-9-15)16-10-6-3-7-11-16/h2-13,19,21,23H,14,25H2,1H3,(H,26,28)/b13-12-/t19-,23-/m1/s1. The van der Waals surface area contributed by atoms with E-state index in [0.717, 1.165) is 11.1 Å². The molecule has 2 heterocycles. The lowest BCUT2D eigenvalue weighted by atomic mass is 10.0. The van der Waals surface area contributed by atoms with E-state index in [1.54, 1.807) is 6.08 Å². The second kappa shape index (κ2) is 9.42. The number of nitrogens with two attached hydrogens (primary N) is 1. The van der Waals surface area contributed by atoms with Gasteiger partial charge in [-0.15, -0.1) is 11.8 Å². The van der Waals surface area contributed by atoms with Crippen LogP contribution in [-0.4, -0.2) is 46.9 Å². The van der Waals surface area contributed by atoms with Crippen LogP contribution in [0.5, 0.6) is 0 Å². The van der Waals surface area contributed by atoms with Crippen LogP contribution in [0.2, 0.25) is 0 Å². The zero-order valence-electron chi connectivity index (χ0n) is 17.4. The molecular formula is C24H23N3O4S. The van der Waals surface area contributed by atoms with Gasteiger partial charge in [-0.3, -0.25) is 14.5 Å². The quantitative estimate of drug-likeness (QED) is 0.398. The molecular weight excluding hydrogens is 426 g/mol. The van der Waals surface area contributed by atoms with Gasteiger partial charge < -0.3 is 15.8 Å². The van der Waals surface area contributed by atoms with Crippen molar-refractivity contribution in [3.05, 3.63) is 95.2 Å². The molecule has 2 aromatic carbocycles. The molecule has 2 aliphatic heterocycles. The van der Waals surface area contributed by atoms with Crippen molar-refractivity contribution in [2.45, 2.75) is 17.5 Å². The van der Waals surface area contributed by atoms with Crippen molar-refractivity contribution in [1.29, 1.82) is 0 Å². The fourth-order valence-electron chi connectivity index (χ4n) is 3.66. The Morgan fingerprint density at radius 1 is 1.12 bits per heavy atom. The van der Waals surface area contributed by atoms with E-state index in [0.29, 0.717) is 11.3 Å². The molecule has 32 heavy (non-hydrogen) atoms. The van der Waals surface area contributed by atoms with Crippen LogP contribution in [0.3, 0.4) is 0 Å². The van der Waals surface area contributed by atoms with Crippen molar-refractivity contribution in [2.75, 3.05) is 12.8 Å². The van der Waals surface area contributed by atoms with Crippen molar-refractivity contribution >= 4 is 29.5 Å². The van der Waals surface area contributed by atoms with Gasteiger partial charge in [0.1, 0.15) is 17.1 Å². The van der Waals surface area contributed by atoms with Crippen LogP contribution in [-0.2, 0) is 19.1 Å². The summed E-state index contributed by atoms with van der Waals surface area (Å²) in [4.78, 5) is 39.1. The zero-order chi connectivity index (χ0) is 22.7. The van der Waals surface area contributed by atoms with Gasteiger partial charge in [-0.1, -0.05) is 66.7 Å². The lowest BCUT2D eigenvalue weighted by Crippen LogP contribution is -2.68. The van der Waals surface area contributed by atoms with Crippen molar-refractivity contribution in [3.63, 3.8) is 0 Å². The maximum Gasteiger partial charge on any atom is 0.356 e. The molecule has 1 saturated heterocycles. The number of hydrogen-bond donors (Lipinski definition) is 2. The van der Waals surface area contributed by atoms with E-state index in [2.05, 4.69) is 5.32 Å². The normalized spacial score (nSPS) is 20.2. The van der Waals surface area contributed by atoms with Gasteiger partial charge in [0.2, 0.25) is 11.8 Å². The number of benzene rings is 2. The third-order valence-electron chi connectivity index (χ3n) is 5.34. The number of esters is 1. The highest BCUT2D eigenvalue weighted by Gasteiger charge is 2.52. The Balaban J connectivity index is 1.71. The highest BCUT2D eigenvalue weighted by atomic mass is 32.2. The molecule has 2 aliphatic rings. The maximum absolute atomic E-state index is 13.5. The largest absolute Gasteiger partial charge is 0.448 e. The Kier molecular flexibility index (Phi) is 6.43. The molecule has 1 fully saturated rings. The van der Waals surface area contributed by atoms with Gasteiger partial charge in [0.25, 0.3) is 0 Å². The van der Waals surface area contributed by atoms with Gasteiger partial charge in [-0.05, 0) is 16.7 Å². The van der Waals surface area contributed by atoms with Gasteiger partial charge in [-0.2, -0.15) is 0 Å². The number of hydrogen-bond acceptors (Lipinski definition) is 6. The van der Waals surface area contributed by atoms with E-state index in [9.17, 15) is 14.4 Å². The average molecular weight is 450 g/mol. The first-order valence-electron chi connectivity index (χ1n) is 10.2. The summed E-state index contributed by atoms with van der Waals surface area (Å²) in [6, 6.07) is 18.2. The number of ether oxygens (including phenoxy) is 1. The number of amides is 2. The van der Waals surface area contributed by atoms with Crippen molar-refractivity contribution in [2.24, 2.45) is 5.73 Å². The van der Waals surface area contributed by atoms with Crippen molar-refractivity contribution in [1.82, 2.24) is 10.2 Å². The Hall–Kier alpha value is -3.36. The number of rotatable bonds is 6. The van der Waals surface area contributed by atoms with Crippen LogP contribution < -0.4 is 11.1 Å². The predicted octanol–water partition coefficient (Wildman–Crippen LogP) is 2.12. The summed E-state index contributed by atoms with van der Waals surface area (Å²) in [6.45, 7) is 0. The van der Waals surface area contributed by atoms with E-state index in [4.69, 9.17) is 10.5 Å². The molecule has 2 aromatic rings. The molecule has 0 aliphatic carbocycles. The molecule has 0 aromatic heterocycles. The lowest BCUT2D eigenvalue weighted by molar-refractivity contribution is -0.153. The molecule has 0 spiro atoms. The van der Waals surface area contributed by atoms with E-state index in [-0.39, 0.29) is 22.9 Å². The Morgan fingerprint density at radius 2 is 1.72 bits per heavy atom. The van der Waals surface area contributed by atoms with E-state index in [1.165, 1.54) is 29.8 Å². The van der Waals surface area contributed by atoms with Crippen LogP contribution >= 0.6 is 11.8 Å². The van der Waals surface area contributed by atoms with E-state index < -0.39 is 18.1 Å². The molecule has 0 bridgehead atoms. The summed E-state index contributed by atoms with van der Waals surface area (Å²) < 4.78 is 5.99. The van der Waals surface area contributed by atoms with Crippen LogP contribution in [0.15, 0.2) is 84.1 Å². The summed E-state index contributed by atoms with van der Waals surface area (Å²) >= 11 is 1.46. The minimum absolute atomic E-state index is 0.137. The zero-order valence-corrected chi connectivity index (χ0v) is 18.2. The molecule has 0 saturated carbocycles. The minimum Gasteiger partial charge on any atom is -0.448 e. The van der Waals surface area contributed by atoms with Crippen molar-refractivity contribution < 1.29 is 19.1 Å². The molecule has 7 nitrogen and oxygen atoms in total. The number of thioether (sulfide) groups is 1. The third-order valence-corrected chi connectivity index (χ3v) is 6.67. The average Bonchev–Trinajstić information content (AvgIpc) is 2.85. The topological polar surface area (TPSA) is 102 Å². The first kappa shape index (κ1) is 21.9. The number of carbonyl (C=O) groups is 3. The molecule has 0 unspecified atom stereocenters. The summed E-state index contributed by atoms with van der Waals surface area (Å²) in [5.41, 5.74) is 8.24. The summed E-state index contributed by atoms with van der Waals surface area (Å²) in [6.07, 6.45) is 2.23. The van der Waals surface area contributed by atoms with E-state index >= 15 is 0 Å². The van der Waals surface area contributed by atoms with Gasteiger partial charge in [0.05, 0.1) is 0 Å². The van der Waals surface area contributed by atoms with Gasteiger partial charge in [0, 0.05) is 18.9 Å². The van der Waals surface area contributed by atoms with Crippen molar-refractivity contribution in [3.8, 4) is 0 Å². The summed E-state index contributed by atoms with van der Waals surface area (Å²) in [5.74, 6) is -0.849. The monoisotopic (exact) mass is 449 g/mol. The van der Waals surface area contributed by atoms with E-state index in [1.807, 2.05) is 60.7 Å². The van der Waals surface area contributed by atoms with Gasteiger partial charge in [0.15, 0.2) is 6.10 Å². The number of nitrogens with one attached hydrogen (secondary N) is 1. The Bertz CT molecular complexity index is 1050. The Morgan fingerprint density at radius 3 is 2.28 bits per heavy atom. The molecule has 8 heteroatoms. The summed E-state index contributed by atoms with van der Waals surface area (Å²) in [5, 5.41) is 2.18. The fraction of sp³-hybridized carbons (Fsp3) is 0.208. The molecule has 2 amide bonds. The van der Waals surface area contributed by atoms with Crippen LogP contribution in [0.25, 0.3) is 0 Å². The number of nitrogens with zero attached hydrogens (tertiary/aromatic N) is 1. The number of likely N-dealkylation sites (N-methyl/N-ethyl adjacent to an activating group) is 1. The number of carbonyl (C=O) groups excluding carboxylic acids is 3. The molecule has 3 N–H and O–H groups in total. The minimum atomic E-state index is -0.661. The number of fused-ring (bicyclic) bond motifs is 1. The molecule has 164 valence electrons. The molecule has 4 rings (SSSR count). The SMILES string of the molecule is CNC(=O)/C=C\C1=C(C(=O)OC(c2ccccc2)c2ccccc2)N2C(=O)[C@@H](N)[C@H]2SC1. The highest BCUT2D eigenvalue weighted by molar-refractivity contribution is 8.00. The maximum atomic E-state index is 13.5. The lowest BCUT2D eigenvalue weighted by Gasteiger charge is -2.48. The third kappa shape index (κ3) is 4.19. The first-order valence-corrected chi connectivity index (χ1v) is 11.2. The second-order valence-electron chi connectivity index (χ2n) is 7.36. The second-order valence-corrected chi connectivity index (χ2v) is 8.47. The first-order chi connectivity index (χ1) is 15.5. The van der Waals surface area contributed by atoms with Crippen LogP contribution in [0.4, 0.5) is 0 Å². The highest BCUT2D eigenvalue weighted by Crippen LogP contribution is 2.41. The van der Waals surface area contributed by atoms with Crippen LogP contribution in [0, 0.1) is 0 Å². The fourth-order valence-corrected chi connectivity index (χ4v) is 4.93.